The lowest BCUT2D eigenvalue weighted by Crippen LogP contribution is -2.18. The number of unbranched alkanes of at least 4 members (excludes halogenated alkanes) is 15. The molecule has 3 nitrogen and oxygen atoms in total. The Morgan fingerprint density at radius 1 is 0.680 bits per heavy atom. The molecule has 0 radical (unpaired) electrons. The first-order valence-electron chi connectivity index (χ1n) is 10.9. The third-order valence-corrected chi connectivity index (χ3v) is 5.86. The minimum Gasteiger partial charge on any atom is -0.499 e. The summed E-state index contributed by atoms with van der Waals surface area (Å²) in [6, 6.07) is 0. The summed E-state index contributed by atoms with van der Waals surface area (Å²) in [7, 11) is -0.816. The van der Waals surface area contributed by atoms with E-state index in [-0.39, 0.29) is 6.10 Å². The second kappa shape index (κ2) is 19.9. The van der Waals surface area contributed by atoms with Crippen LogP contribution in [-0.4, -0.2) is 22.4 Å². The fraction of sp³-hybridized carbons (Fsp3) is 1.00. The Morgan fingerprint density at radius 3 is 1.40 bits per heavy atom. The first kappa shape index (κ1) is 24.6. The van der Waals surface area contributed by atoms with E-state index in [1.807, 2.05) is 6.92 Å². The largest absolute Gasteiger partial charge is 0.767 e. The van der Waals surface area contributed by atoms with Gasteiger partial charge in [-0.3, -0.25) is 4.46 Å². The van der Waals surface area contributed by atoms with Gasteiger partial charge in [-0.25, -0.2) is 0 Å². The van der Waals surface area contributed by atoms with E-state index in [1.54, 1.807) is 0 Å². The predicted octanol–water partition coefficient (Wildman–Crippen LogP) is 7.10. The molecule has 0 aliphatic carbocycles. The third-order valence-electron chi connectivity index (χ3n) is 4.93. The lowest BCUT2D eigenvalue weighted by Gasteiger charge is -2.11. The molecule has 0 aliphatic heterocycles. The first-order chi connectivity index (χ1) is 12.2. The zero-order valence-electron chi connectivity index (χ0n) is 17.3. The molecule has 150 valence electrons. The van der Waals surface area contributed by atoms with Crippen molar-refractivity contribution in [3.05, 3.63) is 0 Å². The van der Waals surface area contributed by atoms with Crippen LogP contribution in [0.2, 0.25) is 0 Å². The summed E-state index contributed by atoms with van der Waals surface area (Å²) in [6.07, 6.45) is 23.3. The van der Waals surface area contributed by atoms with Crippen molar-refractivity contribution in [2.24, 2.45) is 0 Å². The minimum atomic E-state index is -2.25. The molecule has 0 heterocycles. The molecule has 0 aromatic rings. The quantitative estimate of drug-likeness (QED) is 0.169. The van der Waals surface area contributed by atoms with Gasteiger partial charge in [0, 0.05) is 0 Å². The Morgan fingerprint density at radius 2 is 1.04 bits per heavy atom. The van der Waals surface area contributed by atoms with Crippen LogP contribution < -0.4 is 0 Å². The standard InChI is InChI=1S/C21H44O3Si/c1-4-5-6-7-8-9-10-11-12-13-14-15-16-17-18-19-20-21(2)24-25(22)23-3/h21H,4-20H2,1-3H3. The van der Waals surface area contributed by atoms with Gasteiger partial charge in [0.2, 0.25) is 0 Å². The Kier molecular flexibility index (Phi) is 19.6. The molecule has 4 heteroatoms. The van der Waals surface area contributed by atoms with Crippen LogP contribution >= 0.6 is 0 Å². The maximum absolute atomic E-state index is 11.1. The van der Waals surface area contributed by atoms with Crippen LogP contribution in [-0.2, 0) is 13.3 Å². The van der Waals surface area contributed by atoms with Gasteiger partial charge in [-0.1, -0.05) is 103 Å². The lowest BCUT2D eigenvalue weighted by molar-refractivity contribution is 0.134. The molecular weight excluding hydrogens is 328 g/mol. The lowest BCUT2D eigenvalue weighted by atomic mass is 10.0. The van der Waals surface area contributed by atoms with E-state index in [0.29, 0.717) is 0 Å². The molecule has 0 bridgehead atoms. The van der Waals surface area contributed by atoms with Gasteiger partial charge in [0.15, 0.2) is 0 Å². The minimum absolute atomic E-state index is 0.0537. The topological polar surface area (TPSA) is 35.5 Å². The molecule has 0 rings (SSSR count). The average molecular weight is 373 g/mol. The van der Waals surface area contributed by atoms with Crippen molar-refractivity contribution in [3.63, 3.8) is 0 Å². The van der Waals surface area contributed by atoms with Gasteiger partial charge in [-0.2, -0.15) is 0 Å². The molecule has 0 aromatic carbocycles. The summed E-state index contributed by atoms with van der Waals surface area (Å²) in [4.78, 5) is 0. The molecule has 0 saturated heterocycles. The second-order valence-corrected chi connectivity index (χ2v) is 8.62. The fourth-order valence-electron chi connectivity index (χ4n) is 3.25. The van der Waals surface area contributed by atoms with Gasteiger partial charge >= 0.3 is 9.17 Å². The molecule has 0 aromatic heterocycles. The fourth-order valence-corrected chi connectivity index (χ4v) is 3.79. The van der Waals surface area contributed by atoms with E-state index >= 15 is 0 Å². The van der Waals surface area contributed by atoms with E-state index < -0.39 is 9.17 Å². The SMILES string of the molecule is CCCCCCCCCCCCCCCCCCC(C)O[Si](=O)OC. The van der Waals surface area contributed by atoms with Crippen LogP contribution in [0.5, 0.6) is 0 Å². The molecule has 0 aliphatic rings. The molecule has 1 atom stereocenters. The average Bonchev–Trinajstić information content (AvgIpc) is 2.61. The smallest absolute Gasteiger partial charge is 0.499 e. The molecule has 0 fully saturated rings. The van der Waals surface area contributed by atoms with Crippen LogP contribution in [0.3, 0.4) is 0 Å². The van der Waals surface area contributed by atoms with E-state index in [2.05, 4.69) is 11.3 Å². The highest BCUT2D eigenvalue weighted by Gasteiger charge is 2.12. The Balaban J connectivity index is 3.10. The molecule has 0 N–H and O–H groups in total. The Labute approximate surface area is 159 Å². The van der Waals surface area contributed by atoms with E-state index in [9.17, 15) is 4.46 Å². The number of hydrogen-bond donors (Lipinski definition) is 0. The maximum atomic E-state index is 11.1. The maximum Gasteiger partial charge on any atom is 0.767 e. The molecule has 1 unspecified atom stereocenters. The highest BCUT2D eigenvalue weighted by molar-refractivity contribution is 6.26. The summed E-state index contributed by atoms with van der Waals surface area (Å²) >= 11 is 0. The van der Waals surface area contributed by atoms with Crippen LogP contribution in [0.15, 0.2) is 0 Å². The van der Waals surface area contributed by atoms with E-state index in [0.717, 1.165) is 12.8 Å². The van der Waals surface area contributed by atoms with Crippen molar-refractivity contribution in [2.75, 3.05) is 7.11 Å². The van der Waals surface area contributed by atoms with Crippen molar-refractivity contribution < 1.29 is 13.3 Å². The normalized spacial score (nSPS) is 12.1. The van der Waals surface area contributed by atoms with Crippen molar-refractivity contribution in [2.45, 2.75) is 129 Å². The number of rotatable bonds is 20. The van der Waals surface area contributed by atoms with Crippen LogP contribution in [0.4, 0.5) is 0 Å². The first-order valence-corrected chi connectivity index (χ1v) is 12.2. The Hall–Kier alpha value is -0.383. The van der Waals surface area contributed by atoms with Crippen molar-refractivity contribution in [1.82, 2.24) is 0 Å². The highest BCUT2D eigenvalue weighted by Crippen LogP contribution is 2.14. The molecule has 0 amide bonds. The van der Waals surface area contributed by atoms with Crippen molar-refractivity contribution >= 4 is 9.17 Å². The number of hydrogen-bond acceptors (Lipinski definition) is 3. The van der Waals surface area contributed by atoms with E-state index in [4.69, 9.17) is 4.43 Å². The summed E-state index contributed by atoms with van der Waals surface area (Å²) in [5.41, 5.74) is 0. The Bertz CT molecular complexity index is 284. The molecule has 0 saturated carbocycles. The molecular formula is C21H44O3Si. The monoisotopic (exact) mass is 372 g/mol. The zero-order valence-corrected chi connectivity index (χ0v) is 18.3. The highest BCUT2D eigenvalue weighted by atomic mass is 28.3. The summed E-state index contributed by atoms with van der Waals surface area (Å²) in [5, 5.41) is 0. The molecule has 0 spiro atoms. The van der Waals surface area contributed by atoms with Crippen molar-refractivity contribution in [3.8, 4) is 0 Å². The van der Waals surface area contributed by atoms with Gasteiger partial charge in [0.05, 0.1) is 13.2 Å². The van der Waals surface area contributed by atoms with Gasteiger partial charge < -0.3 is 8.85 Å². The summed E-state index contributed by atoms with van der Waals surface area (Å²) < 4.78 is 21.1. The molecule has 25 heavy (non-hydrogen) atoms. The summed E-state index contributed by atoms with van der Waals surface area (Å²) in [6.45, 7) is 4.26. The van der Waals surface area contributed by atoms with Crippen LogP contribution in [0.25, 0.3) is 0 Å². The van der Waals surface area contributed by atoms with Gasteiger partial charge in [0.1, 0.15) is 0 Å². The van der Waals surface area contributed by atoms with Crippen molar-refractivity contribution in [1.29, 1.82) is 0 Å². The third kappa shape index (κ3) is 19.8. The predicted molar refractivity (Wildman–Crippen MR) is 108 cm³/mol. The van der Waals surface area contributed by atoms with Crippen LogP contribution in [0.1, 0.15) is 123 Å². The van der Waals surface area contributed by atoms with Crippen LogP contribution in [0, 0.1) is 0 Å². The van der Waals surface area contributed by atoms with E-state index in [1.165, 1.54) is 103 Å². The van der Waals surface area contributed by atoms with Gasteiger partial charge in [-0.15, -0.1) is 0 Å². The van der Waals surface area contributed by atoms with Gasteiger partial charge in [-0.05, 0) is 19.8 Å². The van der Waals surface area contributed by atoms with Gasteiger partial charge in [0.25, 0.3) is 0 Å². The summed E-state index contributed by atoms with van der Waals surface area (Å²) in [5.74, 6) is 0. The second-order valence-electron chi connectivity index (χ2n) is 7.47. The zero-order chi connectivity index (χ0) is 18.6.